The molecular formula is C24H26N2O5S. The van der Waals surface area contributed by atoms with Crippen LogP contribution in [0.15, 0.2) is 71.6 Å². The average Bonchev–Trinajstić information content (AvgIpc) is 2.76. The summed E-state index contributed by atoms with van der Waals surface area (Å²) in [5.41, 5.74) is 2.86. The Bertz CT molecular complexity index is 1210. The van der Waals surface area contributed by atoms with E-state index in [1.165, 1.54) is 31.4 Å². The van der Waals surface area contributed by atoms with Gasteiger partial charge in [-0.1, -0.05) is 29.8 Å². The number of ether oxygens (including phenoxy) is 2. The van der Waals surface area contributed by atoms with Crippen molar-refractivity contribution in [1.29, 1.82) is 0 Å². The lowest BCUT2D eigenvalue weighted by molar-refractivity contribution is -0.122. The molecule has 0 unspecified atom stereocenters. The van der Waals surface area contributed by atoms with Gasteiger partial charge in [-0.25, -0.2) is 8.42 Å². The molecule has 1 atom stereocenters. The number of nitrogens with one attached hydrogen (secondary N) is 2. The van der Waals surface area contributed by atoms with Gasteiger partial charge in [-0.05, 0) is 68.8 Å². The number of amides is 1. The number of hydrogen-bond acceptors (Lipinski definition) is 5. The van der Waals surface area contributed by atoms with Crippen LogP contribution < -0.4 is 19.5 Å². The fraction of sp³-hybridized carbons (Fsp3) is 0.208. The summed E-state index contributed by atoms with van der Waals surface area (Å²) in [6.45, 7) is 5.41. The first-order chi connectivity index (χ1) is 15.2. The Hall–Kier alpha value is -3.52. The standard InChI is InChI=1S/C24H26N2O5S/c1-16-9-14-21(17(2)15-16)26-32(28,29)20-12-10-19(11-13-20)25-24(27)18(3)31-23-8-6-5-7-22(23)30-4/h5-15,18,26H,1-4H3,(H,25,27)/t18-/m0/s1. The lowest BCUT2D eigenvalue weighted by atomic mass is 10.1. The second-order valence-corrected chi connectivity index (χ2v) is 9.03. The molecule has 2 N–H and O–H groups in total. The predicted molar refractivity (Wildman–Crippen MR) is 125 cm³/mol. The normalized spacial score (nSPS) is 12.0. The number of para-hydroxylation sites is 2. The van der Waals surface area contributed by atoms with Crippen LogP contribution in [0.2, 0.25) is 0 Å². The van der Waals surface area contributed by atoms with E-state index in [1.54, 1.807) is 37.3 Å². The van der Waals surface area contributed by atoms with Crippen LogP contribution >= 0.6 is 0 Å². The Kier molecular flexibility index (Phi) is 7.05. The molecule has 32 heavy (non-hydrogen) atoms. The van der Waals surface area contributed by atoms with Crippen molar-refractivity contribution in [3.05, 3.63) is 77.9 Å². The number of hydrogen-bond donors (Lipinski definition) is 2. The highest BCUT2D eigenvalue weighted by Gasteiger charge is 2.18. The maximum absolute atomic E-state index is 12.7. The van der Waals surface area contributed by atoms with Gasteiger partial charge in [0, 0.05) is 5.69 Å². The summed E-state index contributed by atoms with van der Waals surface area (Å²) in [5, 5.41) is 2.72. The fourth-order valence-electron chi connectivity index (χ4n) is 3.05. The van der Waals surface area contributed by atoms with E-state index in [0.29, 0.717) is 22.9 Å². The number of carbonyl (C=O) groups excluding carboxylic acids is 1. The molecule has 8 heteroatoms. The number of sulfonamides is 1. The van der Waals surface area contributed by atoms with Crippen LogP contribution in [0, 0.1) is 13.8 Å². The third-order valence-corrected chi connectivity index (χ3v) is 6.18. The molecule has 0 fully saturated rings. The maximum Gasteiger partial charge on any atom is 0.265 e. The molecule has 0 aliphatic rings. The highest BCUT2D eigenvalue weighted by atomic mass is 32.2. The van der Waals surface area contributed by atoms with Gasteiger partial charge in [-0.15, -0.1) is 0 Å². The largest absolute Gasteiger partial charge is 0.493 e. The molecule has 0 saturated carbocycles. The molecule has 1 amide bonds. The minimum absolute atomic E-state index is 0.0915. The van der Waals surface area contributed by atoms with Crippen molar-refractivity contribution in [2.75, 3.05) is 17.1 Å². The molecule has 7 nitrogen and oxygen atoms in total. The van der Waals surface area contributed by atoms with Gasteiger partial charge in [0.2, 0.25) is 0 Å². The summed E-state index contributed by atoms with van der Waals surface area (Å²) in [6, 6.07) is 18.5. The molecule has 0 aromatic heterocycles. The van der Waals surface area contributed by atoms with E-state index in [1.807, 2.05) is 26.0 Å². The zero-order chi connectivity index (χ0) is 23.3. The minimum atomic E-state index is -3.76. The Morgan fingerprint density at radius 3 is 2.22 bits per heavy atom. The van der Waals surface area contributed by atoms with Crippen molar-refractivity contribution < 1.29 is 22.7 Å². The molecule has 0 aliphatic carbocycles. The summed E-state index contributed by atoms with van der Waals surface area (Å²) in [7, 11) is -2.23. The zero-order valence-corrected chi connectivity index (χ0v) is 19.2. The number of anilines is 2. The fourth-order valence-corrected chi connectivity index (χ4v) is 4.18. The van der Waals surface area contributed by atoms with Gasteiger partial charge in [0.15, 0.2) is 17.6 Å². The van der Waals surface area contributed by atoms with Crippen molar-refractivity contribution in [2.45, 2.75) is 31.8 Å². The number of methoxy groups -OCH3 is 1. The highest BCUT2D eigenvalue weighted by molar-refractivity contribution is 7.92. The molecule has 0 spiro atoms. The van der Waals surface area contributed by atoms with Crippen LogP contribution in [0.3, 0.4) is 0 Å². The van der Waals surface area contributed by atoms with Gasteiger partial charge < -0.3 is 14.8 Å². The molecule has 0 radical (unpaired) electrons. The number of rotatable bonds is 8. The van der Waals surface area contributed by atoms with Crippen molar-refractivity contribution in [1.82, 2.24) is 0 Å². The summed E-state index contributed by atoms with van der Waals surface area (Å²) in [4.78, 5) is 12.6. The SMILES string of the molecule is COc1ccccc1O[C@@H](C)C(=O)Nc1ccc(S(=O)(=O)Nc2ccc(C)cc2C)cc1. The quantitative estimate of drug-likeness (QED) is 0.522. The van der Waals surface area contributed by atoms with Gasteiger partial charge in [0.1, 0.15) is 0 Å². The smallest absolute Gasteiger partial charge is 0.265 e. The number of carbonyl (C=O) groups is 1. The van der Waals surface area contributed by atoms with Gasteiger partial charge in [0.25, 0.3) is 15.9 Å². The summed E-state index contributed by atoms with van der Waals surface area (Å²) < 4.78 is 38.9. The van der Waals surface area contributed by atoms with Crippen LogP contribution in [0.4, 0.5) is 11.4 Å². The summed E-state index contributed by atoms with van der Waals surface area (Å²) in [6.07, 6.45) is -0.791. The van der Waals surface area contributed by atoms with Crippen LogP contribution in [0.1, 0.15) is 18.1 Å². The average molecular weight is 455 g/mol. The maximum atomic E-state index is 12.7. The Balaban J connectivity index is 1.66. The van der Waals surface area contributed by atoms with Crippen molar-refractivity contribution >= 4 is 27.3 Å². The highest BCUT2D eigenvalue weighted by Crippen LogP contribution is 2.27. The molecular weight excluding hydrogens is 428 g/mol. The van der Waals surface area contributed by atoms with Crippen LogP contribution in [0.5, 0.6) is 11.5 Å². The monoisotopic (exact) mass is 454 g/mol. The van der Waals surface area contributed by atoms with Crippen molar-refractivity contribution in [3.8, 4) is 11.5 Å². The van der Waals surface area contributed by atoms with E-state index in [9.17, 15) is 13.2 Å². The Morgan fingerprint density at radius 1 is 0.938 bits per heavy atom. The van der Waals surface area contributed by atoms with Gasteiger partial charge >= 0.3 is 0 Å². The Labute approximate surface area is 188 Å². The van der Waals surface area contributed by atoms with Crippen molar-refractivity contribution in [2.24, 2.45) is 0 Å². The zero-order valence-electron chi connectivity index (χ0n) is 18.4. The van der Waals surface area contributed by atoms with Crippen molar-refractivity contribution in [3.63, 3.8) is 0 Å². The third-order valence-electron chi connectivity index (χ3n) is 4.80. The lowest BCUT2D eigenvalue weighted by Crippen LogP contribution is -2.30. The van der Waals surface area contributed by atoms with Gasteiger partial charge in [0.05, 0.1) is 17.7 Å². The van der Waals surface area contributed by atoms with Gasteiger partial charge in [-0.3, -0.25) is 9.52 Å². The summed E-state index contributed by atoms with van der Waals surface area (Å²) >= 11 is 0. The predicted octanol–water partition coefficient (Wildman–Crippen LogP) is 4.52. The molecule has 3 aromatic rings. The number of benzene rings is 3. The van der Waals surface area contributed by atoms with Gasteiger partial charge in [-0.2, -0.15) is 0 Å². The molecule has 3 aromatic carbocycles. The minimum Gasteiger partial charge on any atom is -0.493 e. The first-order valence-corrected chi connectivity index (χ1v) is 11.5. The van der Waals surface area contributed by atoms with E-state index < -0.39 is 16.1 Å². The van der Waals surface area contributed by atoms with Crippen LogP contribution in [-0.4, -0.2) is 27.5 Å². The van der Waals surface area contributed by atoms with E-state index in [4.69, 9.17) is 9.47 Å². The molecule has 0 heterocycles. The molecule has 0 bridgehead atoms. The number of aryl methyl sites for hydroxylation is 2. The molecule has 3 rings (SSSR count). The first-order valence-electron chi connectivity index (χ1n) is 10.0. The topological polar surface area (TPSA) is 93.7 Å². The lowest BCUT2D eigenvalue weighted by Gasteiger charge is -2.17. The second kappa shape index (κ2) is 9.74. The second-order valence-electron chi connectivity index (χ2n) is 7.35. The van der Waals surface area contributed by atoms with Crippen LogP contribution in [0.25, 0.3) is 0 Å². The molecule has 0 aliphatic heterocycles. The van der Waals surface area contributed by atoms with E-state index in [-0.39, 0.29) is 10.8 Å². The van der Waals surface area contributed by atoms with E-state index in [0.717, 1.165) is 11.1 Å². The van der Waals surface area contributed by atoms with Crippen LogP contribution in [-0.2, 0) is 14.8 Å². The third kappa shape index (κ3) is 5.59. The Morgan fingerprint density at radius 2 is 1.59 bits per heavy atom. The molecule has 0 saturated heterocycles. The summed E-state index contributed by atoms with van der Waals surface area (Å²) in [5.74, 6) is 0.606. The van der Waals surface area contributed by atoms with E-state index >= 15 is 0 Å². The molecule has 168 valence electrons. The van der Waals surface area contributed by atoms with E-state index in [2.05, 4.69) is 10.0 Å². The first kappa shape index (κ1) is 23.1.